The molecule has 3 nitrogen and oxygen atoms in total. The van der Waals surface area contributed by atoms with Gasteiger partial charge in [0.15, 0.2) is 5.79 Å². The molecule has 160 valence electrons. The molecule has 4 saturated carbocycles. The molecule has 0 aromatic rings. The Morgan fingerprint density at radius 2 is 1.61 bits per heavy atom. The highest BCUT2D eigenvalue weighted by Crippen LogP contribution is 2.70. The minimum absolute atomic E-state index is 0.0865. The Labute approximate surface area is 172 Å². The predicted molar refractivity (Wildman–Crippen MR) is 111 cm³/mol. The summed E-state index contributed by atoms with van der Waals surface area (Å²) in [6, 6.07) is 0. The summed E-state index contributed by atoms with van der Waals surface area (Å²) in [5.74, 6) is 2.78. The van der Waals surface area contributed by atoms with Crippen molar-refractivity contribution in [2.75, 3.05) is 20.3 Å². The number of hydrogen-bond acceptors (Lipinski definition) is 3. The van der Waals surface area contributed by atoms with E-state index in [4.69, 9.17) is 14.2 Å². The molecule has 4 aliphatic carbocycles. The highest BCUT2D eigenvalue weighted by atomic mass is 16.7. The van der Waals surface area contributed by atoms with Crippen molar-refractivity contribution in [1.82, 2.24) is 0 Å². The van der Waals surface area contributed by atoms with Gasteiger partial charge in [0, 0.05) is 24.4 Å². The first-order chi connectivity index (χ1) is 13.2. The van der Waals surface area contributed by atoms with Gasteiger partial charge in [0.1, 0.15) is 0 Å². The largest absolute Gasteiger partial charge is 0.381 e. The van der Waals surface area contributed by atoms with Gasteiger partial charge in [0.25, 0.3) is 0 Å². The van der Waals surface area contributed by atoms with E-state index >= 15 is 0 Å². The second-order valence-electron chi connectivity index (χ2n) is 12.3. The number of ether oxygens (including phenoxy) is 3. The van der Waals surface area contributed by atoms with Crippen LogP contribution < -0.4 is 0 Å². The lowest BCUT2D eigenvalue weighted by molar-refractivity contribution is -0.354. The van der Waals surface area contributed by atoms with Crippen LogP contribution in [0.4, 0.5) is 0 Å². The standard InChI is InChI=1S/C25H42O3/c1-22(2)15-27-25(28-16-22)13-11-19-18-10-9-17-8-6-7-12-23(17,3)21(18)20(26-5)14-24(19,25)4/h17-21H,6-16H2,1-5H3. The third-order valence-corrected chi connectivity index (χ3v) is 10.2. The summed E-state index contributed by atoms with van der Waals surface area (Å²) in [6.45, 7) is 11.3. The molecule has 28 heavy (non-hydrogen) atoms. The Kier molecular flexibility index (Phi) is 4.56. The van der Waals surface area contributed by atoms with Crippen molar-refractivity contribution in [2.24, 2.45) is 39.9 Å². The van der Waals surface area contributed by atoms with Crippen molar-refractivity contribution in [1.29, 1.82) is 0 Å². The van der Waals surface area contributed by atoms with E-state index in [-0.39, 0.29) is 16.6 Å². The molecule has 0 bridgehead atoms. The Morgan fingerprint density at radius 1 is 0.857 bits per heavy atom. The van der Waals surface area contributed by atoms with Crippen molar-refractivity contribution in [3.05, 3.63) is 0 Å². The van der Waals surface area contributed by atoms with Crippen molar-refractivity contribution in [3.63, 3.8) is 0 Å². The van der Waals surface area contributed by atoms with Gasteiger partial charge in [-0.25, -0.2) is 0 Å². The number of methoxy groups -OCH3 is 1. The first kappa shape index (κ1) is 19.8. The van der Waals surface area contributed by atoms with Gasteiger partial charge >= 0.3 is 0 Å². The average Bonchev–Trinajstić information content (AvgIpc) is 2.95. The maximum Gasteiger partial charge on any atom is 0.173 e. The molecule has 1 aliphatic heterocycles. The highest BCUT2D eigenvalue weighted by molar-refractivity contribution is 5.15. The normalized spacial score (nSPS) is 52.0. The van der Waals surface area contributed by atoms with E-state index in [1.165, 1.54) is 44.9 Å². The number of hydrogen-bond donors (Lipinski definition) is 0. The van der Waals surface area contributed by atoms with Gasteiger partial charge in [-0.2, -0.15) is 0 Å². The smallest absolute Gasteiger partial charge is 0.173 e. The van der Waals surface area contributed by atoms with Crippen LogP contribution in [0, 0.1) is 39.9 Å². The molecule has 1 spiro atoms. The quantitative estimate of drug-likeness (QED) is 0.565. The molecule has 7 unspecified atom stereocenters. The molecule has 7 atom stereocenters. The maximum absolute atomic E-state index is 6.64. The molecule has 0 amide bonds. The van der Waals surface area contributed by atoms with E-state index in [1.807, 2.05) is 7.11 Å². The Balaban J connectivity index is 1.49. The van der Waals surface area contributed by atoms with Crippen molar-refractivity contribution >= 4 is 0 Å². The molecular weight excluding hydrogens is 348 g/mol. The monoisotopic (exact) mass is 390 g/mol. The molecule has 0 radical (unpaired) electrons. The van der Waals surface area contributed by atoms with Crippen LogP contribution in [0.5, 0.6) is 0 Å². The average molecular weight is 391 g/mol. The summed E-state index contributed by atoms with van der Waals surface area (Å²) in [5.41, 5.74) is 0.698. The second kappa shape index (κ2) is 6.44. The lowest BCUT2D eigenvalue weighted by atomic mass is 9.44. The van der Waals surface area contributed by atoms with Crippen LogP contribution in [0.3, 0.4) is 0 Å². The predicted octanol–water partition coefficient (Wildman–Crippen LogP) is 5.81. The van der Waals surface area contributed by atoms with E-state index < -0.39 is 0 Å². The zero-order valence-corrected chi connectivity index (χ0v) is 18.9. The summed E-state index contributed by atoms with van der Waals surface area (Å²) in [5, 5.41) is 0. The van der Waals surface area contributed by atoms with Gasteiger partial charge in [-0.3, -0.25) is 0 Å². The van der Waals surface area contributed by atoms with Crippen LogP contribution in [0.1, 0.15) is 85.5 Å². The van der Waals surface area contributed by atoms with Gasteiger partial charge in [-0.15, -0.1) is 0 Å². The van der Waals surface area contributed by atoms with E-state index in [2.05, 4.69) is 27.7 Å². The molecule has 1 heterocycles. The molecule has 5 aliphatic rings. The van der Waals surface area contributed by atoms with Crippen LogP contribution in [0.15, 0.2) is 0 Å². The Hall–Kier alpha value is -0.120. The molecule has 0 N–H and O–H groups in total. The van der Waals surface area contributed by atoms with Gasteiger partial charge in [-0.05, 0) is 67.6 Å². The van der Waals surface area contributed by atoms with Gasteiger partial charge in [0.05, 0.1) is 19.3 Å². The lowest BCUT2D eigenvalue weighted by Gasteiger charge is -2.64. The van der Waals surface area contributed by atoms with E-state index in [1.54, 1.807) is 0 Å². The number of rotatable bonds is 1. The SMILES string of the molecule is COC1CC2(C)C(CCC23OCC(C)(C)CO3)C2CCC3CCCCC3(C)C12. The first-order valence-electron chi connectivity index (χ1n) is 12.1. The van der Waals surface area contributed by atoms with Crippen LogP contribution in [-0.2, 0) is 14.2 Å². The van der Waals surface area contributed by atoms with Crippen LogP contribution in [0.25, 0.3) is 0 Å². The first-order valence-corrected chi connectivity index (χ1v) is 12.1. The van der Waals surface area contributed by atoms with E-state index in [0.717, 1.165) is 49.7 Å². The van der Waals surface area contributed by atoms with Gasteiger partial charge in [-0.1, -0.05) is 40.5 Å². The fourth-order valence-electron chi connectivity index (χ4n) is 8.74. The van der Waals surface area contributed by atoms with E-state index in [9.17, 15) is 0 Å². The molecule has 3 heteroatoms. The molecule has 1 saturated heterocycles. The molecule has 0 aromatic carbocycles. The Bertz CT molecular complexity index is 605. The Morgan fingerprint density at radius 3 is 2.32 bits per heavy atom. The van der Waals surface area contributed by atoms with E-state index in [0.29, 0.717) is 11.5 Å². The third kappa shape index (κ3) is 2.57. The van der Waals surface area contributed by atoms with Crippen LogP contribution in [0.2, 0.25) is 0 Å². The van der Waals surface area contributed by atoms with Crippen LogP contribution in [-0.4, -0.2) is 32.2 Å². The van der Waals surface area contributed by atoms with Crippen molar-refractivity contribution in [2.45, 2.75) is 97.4 Å². The molecule has 0 aromatic heterocycles. The third-order valence-electron chi connectivity index (χ3n) is 10.2. The zero-order chi connectivity index (χ0) is 19.8. The second-order valence-corrected chi connectivity index (χ2v) is 12.3. The summed E-state index contributed by atoms with van der Waals surface area (Å²) in [6.07, 6.45) is 12.4. The van der Waals surface area contributed by atoms with Crippen LogP contribution >= 0.6 is 0 Å². The minimum atomic E-state index is -0.376. The summed E-state index contributed by atoms with van der Waals surface area (Å²) < 4.78 is 19.6. The summed E-state index contributed by atoms with van der Waals surface area (Å²) >= 11 is 0. The molecular formula is C25H42O3. The molecule has 5 rings (SSSR count). The molecule has 5 fully saturated rings. The van der Waals surface area contributed by atoms with Crippen molar-refractivity contribution < 1.29 is 14.2 Å². The fourth-order valence-corrected chi connectivity index (χ4v) is 8.74. The summed E-state index contributed by atoms with van der Waals surface area (Å²) in [7, 11) is 1.97. The van der Waals surface area contributed by atoms with Gasteiger partial charge in [0.2, 0.25) is 0 Å². The minimum Gasteiger partial charge on any atom is -0.381 e. The lowest BCUT2D eigenvalue weighted by Crippen LogP contribution is -2.63. The topological polar surface area (TPSA) is 27.7 Å². The van der Waals surface area contributed by atoms with Crippen molar-refractivity contribution in [3.8, 4) is 0 Å². The van der Waals surface area contributed by atoms with Gasteiger partial charge < -0.3 is 14.2 Å². The fraction of sp³-hybridized carbons (Fsp3) is 1.00. The number of fused-ring (bicyclic) bond motifs is 6. The zero-order valence-electron chi connectivity index (χ0n) is 18.9. The summed E-state index contributed by atoms with van der Waals surface area (Å²) in [4.78, 5) is 0. The highest BCUT2D eigenvalue weighted by Gasteiger charge is 2.69. The maximum atomic E-state index is 6.64.